The van der Waals surface area contributed by atoms with Crippen LogP contribution in [0.3, 0.4) is 0 Å². The van der Waals surface area contributed by atoms with Gasteiger partial charge in [0.1, 0.15) is 11.8 Å². The second-order valence-electron chi connectivity index (χ2n) is 7.98. The first kappa shape index (κ1) is 23.7. The number of ether oxygens (including phenoxy) is 3. The Labute approximate surface area is 177 Å². The zero-order chi connectivity index (χ0) is 22.4. The van der Waals surface area contributed by atoms with Crippen molar-refractivity contribution in [1.29, 1.82) is 0 Å². The van der Waals surface area contributed by atoms with Crippen LogP contribution in [0.25, 0.3) is 0 Å². The van der Waals surface area contributed by atoms with Gasteiger partial charge in [-0.3, -0.25) is 9.59 Å². The second-order valence-corrected chi connectivity index (χ2v) is 7.98. The molecule has 0 aromatic heterocycles. The third kappa shape index (κ3) is 5.95. The number of hydrogen-bond acceptors (Lipinski definition) is 6. The Morgan fingerprint density at radius 3 is 2.27 bits per heavy atom. The topological polar surface area (TPSA) is 94.2 Å². The van der Waals surface area contributed by atoms with E-state index in [1.165, 1.54) is 7.11 Å². The Morgan fingerprint density at radius 2 is 1.70 bits per heavy atom. The number of nitrogens with one attached hydrogen (secondary N) is 1. The molecular formula is C22H32N2O6. The van der Waals surface area contributed by atoms with Crippen molar-refractivity contribution in [3.05, 3.63) is 29.8 Å². The molecule has 1 aliphatic heterocycles. The average molecular weight is 421 g/mol. The summed E-state index contributed by atoms with van der Waals surface area (Å²) in [6.07, 6.45) is -1.12. The lowest BCUT2D eigenvalue weighted by Crippen LogP contribution is -2.52. The van der Waals surface area contributed by atoms with Crippen molar-refractivity contribution in [3.63, 3.8) is 0 Å². The van der Waals surface area contributed by atoms with Crippen molar-refractivity contribution in [2.24, 2.45) is 5.92 Å². The van der Waals surface area contributed by atoms with Gasteiger partial charge in [-0.15, -0.1) is 0 Å². The molecular weight excluding hydrogens is 388 g/mol. The number of hydrogen-bond donors (Lipinski definition) is 1. The van der Waals surface area contributed by atoms with E-state index >= 15 is 0 Å². The predicted molar refractivity (Wildman–Crippen MR) is 111 cm³/mol. The lowest BCUT2D eigenvalue weighted by Gasteiger charge is -2.36. The Kier molecular flexibility index (Phi) is 8.23. The van der Waals surface area contributed by atoms with Crippen molar-refractivity contribution in [3.8, 4) is 5.75 Å². The molecule has 1 aliphatic rings. The minimum atomic E-state index is -0.959. The van der Waals surface area contributed by atoms with Gasteiger partial charge < -0.3 is 24.4 Å². The highest BCUT2D eigenvalue weighted by Crippen LogP contribution is 2.18. The fourth-order valence-corrected chi connectivity index (χ4v) is 3.46. The standard InChI is InChI=1S/C22H32N2O6/c1-13(2)19(23-20(25)17-9-7-8-10-18(17)28-6)22(27)30-16(5)21(26)24-11-14(3)29-15(4)12-24/h7-10,13-16,19H,11-12H2,1-6H3,(H,23,25)/t14-,15-,16-,19+/m1/s1. The van der Waals surface area contributed by atoms with Gasteiger partial charge in [0.2, 0.25) is 0 Å². The van der Waals surface area contributed by atoms with Crippen LogP contribution >= 0.6 is 0 Å². The van der Waals surface area contributed by atoms with E-state index in [2.05, 4.69) is 5.32 Å². The third-order valence-electron chi connectivity index (χ3n) is 4.93. The maximum Gasteiger partial charge on any atom is 0.329 e. The van der Waals surface area contributed by atoms with Crippen LogP contribution in [0, 0.1) is 5.92 Å². The molecule has 0 unspecified atom stereocenters. The van der Waals surface area contributed by atoms with Gasteiger partial charge in [0.25, 0.3) is 11.8 Å². The quantitative estimate of drug-likeness (QED) is 0.679. The van der Waals surface area contributed by atoms with Crippen molar-refractivity contribution in [2.45, 2.75) is 59.0 Å². The molecule has 1 heterocycles. The molecule has 0 aliphatic carbocycles. The van der Waals surface area contributed by atoms with E-state index in [-0.39, 0.29) is 24.0 Å². The van der Waals surface area contributed by atoms with Gasteiger partial charge in [-0.1, -0.05) is 26.0 Å². The minimum Gasteiger partial charge on any atom is -0.496 e. The summed E-state index contributed by atoms with van der Waals surface area (Å²) in [5.41, 5.74) is 0.318. The molecule has 0 spiro atoms. The molecule has 8 nitrogen and oxygen atoms in total. The summed E-state index contributed by atoms with van der Waals surface area (Å²) >= 11 is 0. The van der Waals surface area contributed by atoms with Gasteiger partial charge in [0, 0.05) is 13.1 Å². The number of benzene rings is 1. The largest absolute Gasteiger partial charge is 0.496 e. The van der Waals surface area contributed by atoms with Gasteiger partial charge in [-0.2, -0.15) is 0 Å². The zero-order valence-corrected chi connectivity index (χ0v) is 18.5. The molecule has 4 atom stereocenters. The third-order valence-corrected chi connectivity index (χ3v) is 4.93. The number of amides is 2. The van der Waals surface area contributed by atoms with Crippen LogP contribution in [0.4, 0.5) is 0 Å². The van der Waals surface area contributed by atoms with Crippen LogP contribution in [-0.4, -0.2) is 67.2 Å². The van der Waals surface area contributed by atoms with Crippen molar-refractivity contribution in [2.75, 3.05) is 20.2 Å². The molecule has 2 rings (SSSR count). The fraction of sp³-hybridized carbons (Fsp3) is 0.591. The number of morpholine rings is 1. The van der Waals surface area contributed by atoms with E-state index in [0.29, 0.717) is 24.4 Å². The molecule has 8 heteroatoms. The van der Waals surface area contributed by atoms with Crippen molar-refractivity contribution in [1.82, 2.24) is 10.2 Å². The first-order valence-corrected chi connectivity index (χ1v) is 10.2. The SMILES string of the molecule is COc1ccccc1C(=O)N[C@H](C(=O)O[C@H](C)C(=O)N1C[C@@H](C)O[C@H](C)C1)C(C)C. The number of para-hydroxylation sites is 1. The number of rotatable bonds is 7. The molecule has 30 heavy (non-hydrogen) atoms. The zero-order valence-electron chi connectivity index (χ0n) is 18.5. The molecule has 0 bridgehead atoms. The molecule has 1 N–H and O–H groups in total. The van der Waals surface area contributed by atoms with Gasteiger partial charge in [-0.25, -0.2) is 4.79 Å². The highest BCUT2D eigenvalue weighted by molar-refractivity contribution is 5.99. The van der Waals surface area contributed by atoms with Gasteiger partial charge >= 0.3 is 5.97 Å². The van der Waals surface area contributed by atoms with Gasteiger partial charge in [0.15, 0.2) is 6.10 Å². The van der Waals surface area contributed by atoms with Crippen LogP contribution in [0.1, 0.15) is 45.0 Å². The van der Waals surface area contributed by atoms with Crippen LogP contribution in [0.5, 0.6) is 5.75 Å². The van der Waals surface area contributed by atoms with E-state index in [1.54, 1.807) is 49.9 Å². The van der Waals surface area contributed by atoms with Crippen LogP contribution in [0.15, 0.2) is 24.3 Å². The fourth-order valence-electron chi connectivity index (χ4n) is 3.46. The Hall–Kier alpha value is -2.61. The van der Waals surface area contributed by atoms with E-state index in [4.69, 9.17) is 14.2 Å². The molecule has 1 fully saturated rings. The van der Waals surface area contributed by atoms with Gasteiger partial charge in [0.05, 0.1) is 24.9 Å². The molecule has 1 saturated heterocycles. The molecule has 166 valence electrons. The average Bonchev–Trinajstić information content (AvgIpc) is 2.69. The first-order chi connectivity index (χ1) is 14.1. The number of carbonyl (C=O) groups is 3. The highest BCUT2D eigenvalue weighted by atomic mass is 16.6. The summed E-state index contributed by atoms with van der Waals surface area (Å²) in [5, 5.41) is 2.71. The van der Waals surface area contributed by atoms with E-state index in [0.717, 1.165) is 0 Å². The van der Waals surface area contributed by atoms with Crippen LogP contribution in [0.2, 0.25) is 0 Å². The lowest BCUT2D eigenvalue weighted by atomic mass is 10.0. The summed E-state index contributed by atoms with van der Waals surface area (Å²) in [6, 6.07) is 5.85. The number of methoxy groups -OCH3 is 1. The van der Waals surface area contributed by atoms with Crippen LogP contribution in [-0.2, 0) is 19.1 Å². The molecule has 2 amide bonds. The summed E-state index contributed by atoms with van der Waals surface area (Å²) in [6.45, 7) is 9.83. The maximum absolute atomic E-state index is 12.8. The summed E-state index contributed by atoms with van der Waals surface area (Å²) in [5.74, 6) is -1.20. The lowest BCUT2D eigenvalue weighted by molar-refractivity contribution is -0.166. The van der Waals surface area contributed by atoms with E-state index in [9.17, 15) is 14.4 Å². The minimum absolute atomic E-state index is 0.0795. The summed E-state index contributed by atoms with van der Waals surface area (Å²) < 4.78 is 16.3. The number of carbonyl (C=O) groups excluding carboxylic acids is 3. The second kappa shape index (κ2) is 10.4. The summed E-state index contributed by atoms with van der Waals surface area (Å²) in [4.78, 5) is 39.8. The summed E-state index contributed by atoms with van der Waals surface area (Å²) in [7, 11) is 1.47. The Bertz CT molecular complexity index is 756. The van der Waals surface area contributed by atoms with E-state index in [1.807, 2.05) is 13.8 Å². The number of nitrogens with zero attached hydrogens (tertiary/aromatic N) is 1. The highest BCUT2D eigenvalue weighted by Gasteiger charge is 2.33. The van der Waals surface area contributed by atoms with Crippen molar-refractivity contribution >= 4 is 17.8 Å². The molecule has 1 aromatic rings. The number of esters is 1. The maximum atomic E-state index is 12.8. The van der Waals surface area contributed by atoms with E-state index < -0.39 is 24.0 Å². The Balaban J connectivity index is 2.04. The Morgan fingerprint density at radius 1 is 1.10 bits per heavy atom. The smallest absolute Gasteiger partial charge is 0.329 e. The first-order valence-electron chi connectivity index (χ1n) is 10.2. The van der Waals surface area contributed by atoms with Gasteiger partial charge in [-0.05, 0) is 38.8 Å². The normalized spacial score (nSPS) is 21.0. The predicted octanol–water partition coefficient (Wildman–Crippen LogP) is 2.02. The molecule has 0 radical (unpaired) electrons. The monoisotopic (exact) mass is 420 g/mol. The molecule has 0 saturated carbocycles. The van der Waals surface area contributed by atoms with Crippen molar-refractivity contribution < 1.29 is 28.6 Å². The molecule has 1 aromatic carbocycles. The van der Waals surface area contributed by atoms with Crippen LogP contribution < -0.4 is 10.1 Å².